The summed E-state index contributed by atoms with van der Waals surface area (Å²) in [6.07, 6.45) is 39.1. The van der Waals surface area contributed by atoms with E-state index < -0.39 is 0 Å². The van der Waals surface area contributed by atoms with E-state index in [1.807, 2.05) is 0 Å². The molecule has 0 saturated heterocycles. The molecule has 40 heavy (non-hydrogen) atoms. The minimum atomic E-state index is 0.592. The zero-order chi connectivity index (χ0) is 26.2. The van der Waals surface area contributed by atoms with Crippen LogP contribution < -0.4 is 5.32 Å². The standard InChI is InChI=1S/C37H37NS2/c1-3-13-34-26(7-1)29-11-5-9-24(36(29)39-34)22-15-17-23(18-16-22)38-33-20-19-25(31-21-32(31)33)28-10-6-12-30-27-8-2-4-14-35(27)40-37(28)30/h2-3,5,8-11,13,15,17-18,22,24-25,31,36,38H,1,4,6-7,12,14,16,19-21H2/t22-,24?,25?,31?,36?/m1/s1. The van der Waals surface area contributed by atoms with Crippen molar-refractivity contribution in [1.82, 2.24) is 5.32 Å². The van der Waals surface area contributed by atoms with Crippen molar-refractivity contribution in [2.45, 2.75) is 69.5 Å². The van der Waals surface area contributed by atoms with Crippen molar-refractivity contribution >= 4 is 34.7 Å². The summed E-state index contributed by atoms with van der Waals surface area (Å²) >= 11 is 4.25. The van der Waals surface area contributed by atoms with Crippen LogP contribution in [0.15, 0.2) is 93.8 Å². The Bertz CT molecular complexity index is 1580. The van der Waals surface area contributed by atoms with Crippen LogP contribution in [0.1, 0.15) is 72.2 Å². The number of fused-ring (bicyclic) bond motifs is 6. The molecule has 202 valence electrons. The first-order valence-electron chi connectivity index (χ1n) is 15.7. The Balaban J connectivity index is 0.875. The summed E-state index contributed by atoms with van der Waals surface area (Å²) in [6.45, 7) is 0. The van der Waals surface area contributed by atoms with Gasteiger partial charge in [0.2, 0.25) is 0 Å². The predicted molar refractivity (Wildman–Crippen MR) is 172 cm³/mol. The second kappa shape index (κ2) is 9.53. The normalized spacial score (nSPS) is 33.0. The molecule has 0 radical (unpaired) electrons. The highest BCUT2D eigenvalue weighted by Crippen LogP contribution is 2.58. The van der Waals surface area contributed by atoms with E-state index in [1.165, 1.54) is 68.4 Å². The number of allylic oxidation sites excluding steroid dienone is 14. The van der Waals surface area contributed by atoms with Gasteiger partial charge in [-0.05, 0) is 127 Å². The van der Waals surface area contributed by atoms with Crippen LogP contribution in [0.4, 0.5) is 0 Å². The number of nitrogens with one attached hydrogen (secondary N) is 1. The molecule has 0 bridgehead atoms. The molecule has 1 fully saturated rings. The number of thioether (sulfide) groups is 1. The molecule has 1 nitrogen and oxygen atoms in total. The molecule has 3 heteroatoms. The van der Waals surface area contributed by atoms with Gasteiger partial charge in [0.05, 0.1) is 0 Å². The first-order chi connectivity index (χ1) is 19.8. The molecule has 1 saturated carbocycles. The fourth-order valence-corrected chi connectivity index (χ4v) is 11.6. The molecule has 1 aliphatic heterocycles. The van der Waals surface area contributed by atoms with Crippen LogP contribution in [-0.4, -0.2) is 5.25 Å². The van der Waals surface area contributed by atoms with Crippen molar-refractivity contribution in [3.05, 3.63) is 115 Å². The van der Waals surface area contributed by atoms with Gasteiger partial charge in [-0.25, -0.2) is 0 Å². The predicted octanol–water partition coefficient (Wildman–Crippen LogP) is 9.60. The summed E-state index contributed by atoms with van der Waals surface area (Å²) in [5.41, 5.74) is 12.8. The van der Waals surface area contributed by atoms with Gasteiger partial charge in [-0.2, -0.15) is 0 Å². The fraction of sp³-hybridized carbons (Fsp3) is 0.405. The molecule has 2 heterocycles. The number of rotatable bonds is 4. The van der Waals surface area contributed by atoms with Gasteiger partial charge >= 0.3 is 0 Å². The maximum atomic E-state index is 3.92. The van der Waals surface area contributed by atoms with Gasteiger partial charge in [0.15, 0.2) is 0 Å². The molecule has 5 atom stereocenters. The molecule has 1 aromatic heterocycles. The first kappa shape index (κ1) is 24.1. The van der Waals surface area contributed by atoms with E-state index in [0.717, 1.165) is 18.3 Å². The highest BCUT2D eigenvalue weighted by molar-refractivity contribution is 8.04. The van der Waals surface area contributed by atoms with Gasteiger partial charge in [-0.15, -0.1) is 23.1 Å². The summed E-state index contributed by atoms with van der Waals surface area (Å²) < 4.78 is 0. The van der Waals surface area contributed by atoms with Gasteiger partial charge in [0, 0.05) is 31.3 Å². The monoisotopic (exact) mass is 559 g/mol. The quantitative estimate of drug-likeness (QED) is 0.394. The third-order valence-electron chi connectivity index (χ3n) is 10.6. The lowest BCUT2D eigenvalue weighted by Crippen LogP contribution is -2.27. The first-order valence-corrected chi connectivity index (χ1v) is 17.4. The molecule has 4 unspecified atom stereocenters. The Kier molecular flexibility index (Phi) is 5.75. The van der Waals surface area contributed by atoms with Gasteiger partial charge in [-0.1, -0.05) is 60.8 Å². The molecular formula is C37H37NS2. The summed E-state index contributed by atoms with van der Waals surface area (Å²) in [5.74, 6) is 2.70. The average Bonchev–Trinajstić information content (AvgIpc) is 3.59. The third-order valence-corrected chi connectivity index (χ3v) is 13.4. The molecule has 7 aliphatic carbocycles. The van der Waals surface area contributed by atoms with Crippen molar-refractivity contribution < 1.29 is 0 Å². The zero-order valence-electron chi connectivity index (χ0n) is 23.1. The van der Waals surface area contributed by atoms with Crippen molar-refractivity contribution in [2.75, 3.05) is 0 Å². The Hall–Kier alpha value is -2.49. The van der Waals surface area contributed by atoms with E-state index in [9.17, 15) is 0 Å². The molecule has 1 aromatic rings. The van der Waals surface area contributed by atoms with Gasteiger partial charge in [0.25, 0.3) is 0 Å². The van der Waals surface area contributed by atoms with E-state index in [2.05, 4.69) is 95.3 Å². The number of hydrogen-bond acceptors (Lipinski definition) is 3. The SMILES string of the molecule is C1=CC([C@@H]2C=CC(NC3=C4CC4C(C4=CCCc5c4sc4c5C=CCC4)CC3)=CC2)C2SC3=C(CCC=C3)C2=C1. The second-order valence-electron chi connectivity index (χ2n) is 12.8. The van der Waals surface area contributed by atoms with Gasteiger partial charge < -0.3 is 5.32 Å². The largest absolute Gasteiger partial charge is 0.359 e. The zero-order valence-corrected chi connectivity index (χ0v) is 24.8. The van der Waals surface area contributed by atoms with Crippen LogP contribution in [-0.2, 0) is 12.8 Å². The smallest absolute Gasteiger partial charge is 0.0416 e. The molecule has 8 aliphatic rings. The van der Waals surface area contributed by atoms with Crippen LogP contribution in [0.25, 0.3) is 11.6 Å². The molecule has 1 N–H and O–H groups in total. The second-order valence-corrected chi connectivity index (χ2v) is 15.1. The minimum Gasteiger partial charge on any atom is -0.359 e. The average molecular weight is 560 g/mol. The minimum absolute atomic E-state index is 0.592. The molecular weight excluding hydrogens is 523 g/mol. The van der Waals surface area contributed by atoms with Crippen LogP contribution >= 0.6 is 23.1 Å². The topological polar surface area (TPSA) is 12.0 Å². The summed E-state index contributed by atoms with van der Waals surface area (Å²) in [7, 11) is 0. The fourth-order valence-electron chi connectivity index (χ4n) is 8.51. The summed E-state index contributed by atoms with van der Waals surface area (Å²) in [4.78, 5) is 4.84. The van der Waals surface area contributed by atoms with Crippen LogP contribution in [0, 0.1) is 23.7 Å². The summed E-state index contributed by atoms with van der Waals surface area (Å²) in [6, 6.07) is 0. The lowest BCUT2D eigenvalue weighted by molar-refractivity contribution is 0.476. The van der Waals surface area contributed by atoms with E-state index >= 15 is 0 Å². The van der Waals surface area contributed by atoms with Crippen LogP contribution in [0.2, 0.25) is 0 Å². The summed E-state index contributed by atoms with van der Waals surface area (Å²) in [5, 5.41) is 4.52. The number of hydrogen-bond donors (Lipinski definition) is 1. The number of thiophene rings is 1. The van der Waals surface area contributed by atoms with Crippen molar-refractivity contribution in [3.8, 4) is 0 Å². The number of aryl methyl sites for hydroxylation is 1. The molecule has 0 amide bonds. The van der Waals surface area contributed by atoms with E-state index in [-0.39, 0.29) is 0 Å². The highest BCUT2D eigenvalue weighted by atomic mass is 32.2. The van der Waals surface area contributed by atoms with E-state index in [0.29, 0.717) is 17.1 Å². The van der Waals surface area contributed by atoms with Crippen molar-refractivity contribution in [1.29, 1.82) is 0 Å². The Morgan fingerprint density at radius 2 is 1.80 bits per heavy atom. The molecule has 9 rings (SSSR count). The van der Waals surface area contributed by atoms with Crippen LogP contribution in [0.3, 0.4) is 0 Å². The maximum absolute atomic E-state index is 3.92. The van der Waals surface area contributed by atoms with Crippen molar-refractivity contribution in [2.24, 2.45) is 23.7 Å². The lowest BCUT2D eigenvalue weighted by Gasteiger charge is -2.32. The van der Waals surface area contributed by atoms with Crippen molar-refractivity contribution in [3.63, 3.8) is 0 Å². The Labute approximate surface area is 247 Å². The van der Waals surface area contributed by atoms with Crippen LogP contribution in [0.5, 0.6) is 0 Å². The van der Waals surface area contributed by atoms with Gasteiger partial charge in [-0.3, -0.25) is 0 Å². The Morgan fingerprint density at radius 1 is 0.850 bits per heavy atom. The van der Waals surface area contributed by atoms with E-state index in [1.54, 1.807) is 48.9 Å². The molecule has 0 aromatic carbocycles. The van der Waals surface area contributed by atoms with E-state index in [4.69, 9.17) is 0 Å². The third kappa shape index (κ3) is 3.87. The molecule has 0 spiro atoms. The van der Waals surface area contributed by atoms with Gasteiger partial charge in [0.1, 0.15) is 0 Å². The lowest BCUT2D eigenvalue weighted by atomic mass is 9.77. The highest BCUT2D eigenvalue weighted by Gasteiger charge is 2.45. The Morgan fingerprint density at radius 3 is 2.75 bits per heavy atom. The maximum Gasteiger partial charge on any atom is 0.0416 e.